The third-order valence-corrected chi connectivity index (χ3v) is 8.05. The number of alkyl halides is 5. The van der Waals surface area contributed by atoms with Crippen molar-refractivity contribution in [1.82, 2.24) is 0 Å². The standard InChI is InChI=1S/C30H32F8O2/c1-2-3-4-18-5-7-19(8-6-18)20-9-11-21(12-10-20)22-13-14-24(25(31)15-22)29(34,35)39-23-16-26(32)28(27(33)17-23)40-30(36,37)38/h5,13-17,19-21H,2-4,6-12H2,1H3. The number of unbranched alkanes of at least 4 members (excludes halogenated alkanes) is 1. The van der Waals surface area contributed by atoms with E-state index < -0.39 is 47.0 Å². The molecule has 0 amide bonds. The molecule has 220 valence electrons. The van der Waals surface area contributed by atoms with Crippen LogP contribution in [0.2, 0.25) is 0 Å². The molecule has 2 aromatic carbocycles. The molecule has 2 aliphatic carbocycles. The van der Waals surface area contributed by atoms with Crippen LogP contribution in [0.5, 0.6) is 11.5 Å². The van der Waals surface area contributed by atoms with Crippen LogP contribution in [-0.4, -0.2) is 6.36 Å². The van der Waals surface area contributed by atoms with E-state index in [4.69, 9.17) is 0 Å². The lowest BCUT2D eigenvalue weighted by Crippen LogP contribution is -2.25. The molecule has 1 unspecified atom stereocenters. The molecule has 1 atom stereocenters. The Bertz CT molecular complexity index is 1180. The highest BCUT2D eigenvalue weighted by Gasteiger charge is 2.40. The summed E-state index contributed by atoms with van der Waals surface area (Å²) >= 11 is 0. The Kier molecular flexibility index (Phi) is 9.35. The van der Waals surface area contributed by atoms with Crippen LogP contribution in [0, 0.1) is 29.3 Å². The quantitative estimate of drug-likeness (QED) is 0.218. The van der Waals surface area contributed by atoms with Crippen LogP contribution in [0.3, 0.4) is 0 Å². The van der Waals surface area contributed by atoms with Gasteiger partial charge in [0.2, 0.25) is 5.75 Å². The van der Waals surface area contributed by atoms with Crippen molar-refractivity contribution in [2.24, 2.45) is 11.8 Å². The van der Waals surface area contributed by atoms with E-state index in [2.05, 4.69) is 22.5 Å². The first kappa shape index (κ1) is 30.2. The summed E-state index contributed by atoms with van der Waals surface area (Å²) in [5.74, 6) is -6.75. The molecular weight excluding hydrogens is 544 g/mol. The number of ether oxygens (including phenoxy) is 2. The molecule has 2 nitrogen and oxygen atoms in total. The third kappa shape index (κ3) is 7.49. The minimum atomic E-state index is -5.40. The molecule has 4 rings (SSSR count). The zero-order valence-electron chi connectivity index (χ0n) is 22.1. The number of hydrogen-bond acceptors (Lipinski definition) is 2. The zero-order chi connectivity index (χ0) is 29.1. The topological polar surface area (TPSA) is 18.5 Å². The van der Waals surface area contributed by atoms with E-state index >= 15 is 0 Å². The second kappa shape index (κ2) is 12.4. The Morgan fingerprint density at radius 1 is 0.800 bits per heavy atom. The minimum Gasteiger partial charge on any atom is -0.429 e. The van der Waals surface area contributed by atoms with Gasteiger partial charge in [0.15, 0.2) is 11.6 Å². The monoisotopic (exact) mass is 576 g/mol. The predicted octanol–water partition coefficient (Wildman–Crippen LogP) is 10.3. The summed E-state index contributed by atoms with van der Waals surface area (Å²) in [6, 6.07) is 3.51. The maximum Gasteiger partial charge on any atom is 0.573 e. The summed E-state index contributed by atoms with van der Waals surface area (Å²) in [7, 11) is 0. The van der Waals surface area contributed by atoms with Gasteiger partial charge in [-0.15, -0.1) is 13.2 Å². The summed E-state index contributed by atoms with van der Waals surface area (Å²) in [5.41, 5.74) is 0.992. The van der Waals surface area contributed by atoms with Gasteiger partial charge >= 0.3 is 12.5 Å². The highest BCUT2D eigenvalue weighted by molar-refractivity contribution is 5.36. The normalized spacial score (nSPS) is 22.1. The molecule has 0 heterocycles. The maximum absolute atomic E-state index is 14.8. The van der Waals surface area contributed by atoms with Crippen LogP contribution in [-0.2, 0) is 6.11 Å². The largest absolute Gasteiger partial charge is 0.573 e. The SMILES string of the molecule is CCCCC1=CCC(C2CCC(c3ccc(C(F)(F)Oc4cc(F)c(OC(F)(F)F)c(F)c4)c(F)c3)CC2)CC1. The smallest absolute Gasteiger partial charge is 0.429 e. The van der Waals surface area contributed by atoms with Crippen molar-refractivity contribution < 1.29 is 44.6 Å². The predicted molar refractivity (Wildman–Crippen MR) is 134 cm³/mol. The molecule has 1 fully saturated rings. The number of halogens is 8. The van der Waals surface area contributed by atoms with E-state index in [9.17, 15) is 35.1 Å². The van der Waals surface area contributed by atoms with E-state index in [0.717, 1.165) is 50.7 Å². The summed E-state index contributed by atoms with van der Waals surface area (Å²) in [6.07, 6.45) is 3.30. The minimum absolute atomic E-state index is 0.0259. The Labute approximate surface area is 228 Å². The first-order valence-corrected chi connectivity index (χ1v) is 13.7. The van der Waals surface area contributed by atoms with Crippen LogP contribution < -0.4 is 9.47 Å². The Balaban J connectivity index is 1.37. The molecule has 2 aliphatic rings. The van der Waals surface area contributed by atoms with Crippen molar-refractivity contribution in [3.8, 4) is 11.5 Å². The molecule has 0 aliphatic heterocycles. The summed E-state index contributed by atoms with van der Waals surface area (Å²) < 4.78 is 117. The molecule has 10 heteroatoms. The van der Waals surface area contributed by atoms with Gasteiger partial charge in [-0.2, -0.15) is 8.78 Å². The third-order valence-electron chi connectivity index (χ3n) is 8.05. The lowest BCUT2D eigenvalue weighted by Gasteiger charge is -2.36. The van der Waals surface area contributed by atoms with Crippen LogP contribution in [0.15, 0.2) is 42.0 Å². The molecule has 0 bridgehead atoms. The van der Waals surface area contributed by atoms with Crippen LogP contribution in [0.25, 0.3) is 0 Å². The summed E-state index contributed by atoms with van der Waals surface area (Å²) in [4.78, 5) is 0. The number of rotatable bonds is 9. The van der Waals surface area contributed by atoms with Gasteiger partial charge in [-0.3, -0.25) is 0 Å². The van der Waals surface area contributed by atoms with Gasteiger partial charge in [-0.05, 0) is 93.2 Å². The van der Waals surface area contributed by atoms with Crippen molar-refractivity contribution in [3.63, 3.8) is 0 Å². The molecular formula is C30H32F8O2. The van der Waals surface area contributed by atoms with Gasteiger partial charge in [0.25, 0.3) is 0 Å². The van der Waals surface area contributed by atoms with Crippen molar-refractivity contribution in [2.75, 3.05) is 0 Å². The fourth-order valence-corrected chi connectivity index (χ4v) is 5.92. The second-order valence-electron chi connectivity index (χ2n) is 10.7. The van der Waals surface area contributed by atoms with E-state index in [-0.39, 0.29) is 18.1 Å². The number of allylic oxidation sites excluding steroid dienone is 2. The number of benzene rings is 2. The van der Waals surface area contributed by atoms with Crippen molar-refractivity contribution in [1.29, 1.82) is 0 Å². The average molecular weight is 577 g/mol. The van der Waals surface area contributed by atoms with Gasteiger partial charge in [0, 0.05) is 12.1 Å². The van der Waals surface area contributed by atoms with E-state index in [0.29, 0.717) is 17.4 Å². The fourth-order valence-electron chi connectivity index (χ4n) is 5.92. The van der Waals surface area contributed by atoms with Gasteiger partial charge in [-0.1, -0.05) is 31.1 Å². The Morgan fingerprint density at radius 3 is 2.02 bits per heavy atom. The van der Waals surface area contributed by atoms with Gasteiger partial charge in [0.05, 0.1) is 5.56 Å². The van der Waals surface area contributed by atoms with Crippen LogP contribution in [0.4, 0.5) is 35.1 Å². The van der Waals surface area contributed by atoms with E-state index in [1.165, 1.54) is 31.7 Å². The second-order valence-corrected chi connectivity index (χ2v) is 10.7. The highest BCUT2D eigenvalue weighted by atomic mass is 19.4. The van der Waals surface area contributed by atoms with E-state index in [1.54, 1.807) is 5.57 Å². The van der Waals surface area contributed by atoms with Gasteiger partial charge < -0.3 is 9.47 Å². The fraction of sp³-hybridized carbons (Fsp3) is 0.533. The van der Waals surface area contributed by atoms with Gasteiger partial charge in [0.1, 0.15) is 11.6 Å². The molecule has 0 N–H and O–H groups in total. The molecule has 40 heavy (non-hydrogen) atoms. The average Bonchev–Trinajstić information content (AvgIpc) is 2.89. The van der Waals surface area contributed by atoms with Gasteiger partial charge in [-0.25, -0.2) is 13.2 Å². The lowest BCUT2D eigenvalue weighted by molar-refractivity contribution is -0.276. The van der Waals surface area contributed by atoms with Crippen molar-refractivity contribution >= 4 is 0 Å². The molecule has 2 aromatic rings. The Hall–Kier alpha value is -2.78. The molecule has 0 spiro atoms. The molecule has 0 aromatic heterocycles. The number of hydrogen-bond donors (Lipinski definition) is 0. The Morgan fingerprint density at radius 2 is 1.48 bits per heavy atom. The summed E-state index contributed by atoms with van der Waals surface area (Å²) in [6.45, 7) is 2.19. The zero-order valence-corrected chi connectivity index (χ0v) is 22.1. The van der Waals surface area contributed by atoms with Crippen molar-refractivity contribution in [3.05, 3.63) is 70.6 Å². The first-order valence-electron chi connectivity index (χ1n) is 13.7. The maximum atomic E-state index is 14.8. The highest BCUT2D eigenvalue weighted by Crippen LogP contribution is 2.44. The lowest BCUT2D eigenvalue weighted by atomic mass is 9.70. The van der Waals surface area contributed by atoms with Crippen LogP contribution >= 0.6 is 0 Å². The molecule has 1 saturated carbocycles. The first-order chi connectivity index (χ1) is 18.9. The molecule has 0 saturated heterocycles. The molecule has 0 radical (unpaired) electrons. The summed E-state index contributed by atoms with van der Waals surface area (Å²) in [5, 5.41) is 0. The van der Waals surface area contributed by atoms with Crippen molar-refractivity contribution in [2.45, 2.75) is 89.5 Å². The van der Waals surface area contributed by atoms with Crippen LogP contribution in [0.1, 0.15) is 88.2 Å². The van der Waals surface area contributed by atoms with E-state index in [1.807, 2.05) is 0 Å².